The second-order valence-electron chi connectivity index (χ2n) is 4.21. The number of aryl methyl sites for hydroxylation is 2. The first-order valence-corrected chi connectivity index (χ1v) is 5.06. The second kappa shape index (κ2) is 4.22. The van der Waals surface area contributed by atoms with Crippen LogP contribution in [0.2, 0.25) is 0 Å². The van der Waals surface area contributed by atoms with Crippen LogP contribution in [0.25, 0.3) is 0 Å². The van der Waals surface area contributed by atoms with E-state index in [-0.39, 0.29) is 11.3 Å². The van der Waals surface area contributed by atoms with Gasteiger partial charge in [0.05, 0.1) is 7.11 Å². The third kappa shape index (κ3) is 2.39. The predicted octanol–water partition coefficient (Wildman–Crippen LogP) is 3.08. The molecule has 0 amide bonds. The normalized spacial score (nSPS) is 15.5. The van der Waals surface area contributed by atoms with E-state index in [1.165, 1.54) is 19.2 Å². The standard InChI is InChI=1S/C12H15F3O2/c1-7-5-9(10(17-4)6-8(7)2)11(3,16)12(13,14)15/h5-6,16H,1-4H3. The first-order valence-electron chi connectivity index (χ1n) is 5.06. The van der Waals surface area contributed by atoms with Crippen molar-refractivity contribution in [2.75, 3.05) is 7.11 Å². The van der Waals surface area contributed by atoms with E-state index in [9.17, 15) is 18.3 Å². The molecule has 0 saturated carbocycles. The fourth-order valence-electron chi connectivity index (χ4n) is 1.49. The monoisotopic (exact) mass is 248 g/mol. The van der Waals surface area contributed by atoms with Gasteiger partial charge in [-0.25, -0.2) is 0 Å². The van der Waals surface area contributed by atoms with Gasteiger partial charge >= 0.3 is 6.18 Å². The molecule has 0 fully saturated rings. The Balaban J connectivity index is 3.45. The molecule has 0 heterocycles. The smallest absolute Gasteiger partial charge is 0.421 e. The Bertz CT molecular complexity index is 422. The summed E-state index contributed by atoms with van der Waals surface area (Å²) in [6, 6.07) is 2.80. The summed E-state index contributed by atoms with van der Waals surface area (Å²) < 4.78 is 43.2. The van der Waals surface area contributed by atoms with Crippen molar-refractivity contribution in [2.24, 2.45) is 0 Å². The molecule has 0 spiro atoms. The SMILES string of the molecule is COc1cc(C)c(C)cc1C(C)(O)C(F)(F)F. The first-order chi connectivity index (χ1) is 7.61. The van der Waals surface area contributed by atoms with Crippen LogP contribution in [0.3, 0.4) is 0 Å². The number of hydrogen-bond acceptors (Lipinski definition) is 2. The van der Waals surface area contributed by atoms with Crippen LogP contribution >= 0.6 is 0 Å². The van der Waals surface area contributed by atoms with Crippen molar-refractivity contribution in [2.45, 2.75) is 32.5 Å². The minimum atomic E-state index is -4.75. The Labute approximate surface area is 98.0 Å². The third-order valence-electron chi connectivity index (χ3n) is 2.89. The molecule has 0 aliphatic carbocycles. The molecule has 1 aromatic rings. The summed E-state index contributed by atoms with van der Waals surface area (Å²) in [4.78, 5) is 0. The maximum atomic E-state index is 12.8. The van der Waals surface area contributed by atoms with Crippen molar-refractivity contribution in [3.05, 3.63) is 28.8 Å². The Hall–Kier alpha value is -1.23. The molecule has 5 heteroatoms. The number of hydrogen-bond donors (Lipinski definition) is 1. The molecule has 1 N–H and O–H groups in total. The Morgan fingerprint density at radius 2 is 1.59 bits per heavy atom. The van der Waals surface area contributed by atoms with Crippen LogP contribution in [-0.2, 0) is 5.60 Å². The number of aliphatic hydroxyl groups is 1. The van der Waals surface area contributed by atoms with Gasteiger partial charge in [0.1, 0.15) is 5.75 Å². The molecule has 1 rings (SSSR count). The summed E-state index contributed by atoms with van der Waals surface area (Å²) in [6.45, 7) is 4.17. The fraction of sp³-hybridized carbons (Fsp3) is 0.500. The van der Waals surface area contributed by atoms with Gasteiger partial charge in [-0.05, 0) is 44.0 Å². The lowest BCUT2D eigenvalue weighted by atomic mass is 9.91. The molecule has 0 aliphatic rings. The van der Waals surface area contributed by atoms with Crippen LogP contribution in [-0.4, -0.2) is 18.4 Å². The van der Waals surface area contributed by atoms with E-state index in [4.69, 9.17) is 4.74 Å². The van der Waals surface area contributed by atoms with E-state index in [0.29, 0.717) is 5.56 Å². The minimum Gasteiger partial charge on any atom is -0.496 e. The molecule has 1 unspecified atom stereocenters. The van der Waals surface area contributed by atoms with E-state index >= 15 is 0 Å². The second-order valence-corrected chi connectivity index (χ2v) is 4.21. The van der Waals surface area contributed by atoms with Crippen molar-refractivity contribution in [1.82, 2.24) is 0 Å². The van der Waals surface area contributed by atoms with Crippen LogP contribution in [0, 0.1) is 13.8 Å². The number of rotatable bonds is 2. The van der Waals surface area contributed by atoms with E-state index in [1.807, 2.05) is 0 Å². The first kappa shape index (κ1) is 13.8. The van der Waals surface area contributed by atoms with Crippen LogP contribution in [0.15, 0.2) is 12.1 Å². The average molecular weight is 248 g/mol. The summed E-state index contributed by atoms with van der Waals surface area (Å²) in [5.41, 5.74) is -1.71. The number of halogens is 3. The predicted molar refractivity (Wildman–Crippen MR) is 58.1 cm³/mol. The zero-order chi connectivity index (χ0) is 13.4. The zero-order valence-electron chi connectivity index (χ0n) is 10.1. The van der Waals surface area contributed by atoms with E-state index < -0.39 is 11.8 Å². The zero-order valence-corrected chi connectivity index (χ0v) is 10.1. The quantitative estimate of drug-likeness (QED) is 0.871. The highest BCUT2D eigenvalue weighted by atomic mass is 19.4. The van der Waals surface area contributed by atoms with Crippen LogP contribution < -0.4 is 4.74 Å². The van der Waals surface area contributed by atoms with E-state index in [2.05, 4.69) is 0 Å². The summed E-state index contributed by atoms with van der Waals surface area (Å²) >= 11 is 0. The van der Waals surface area contributed by atoms with Gasteiger partial charge in [-0.1, -0.05) is 0 Å². The molecule has 0 aliphatic heterocycles. The highest BCUT2D eigenvalue weighted by molar-refractivity contribution is 5.45. The number of ether oxygens (including phenoxy) is 1. The minimum absolute atomic E-state index is 0.0374. The van der Waals surface area contributed by atoms with Crippen molar-refractivity contribution in [3.63, 3.8) is 0 Å². The largest absolute Gasteiger partial charge is 0.496 e. The Morgan fingerprint density at radius 1 is 1.12 bits per heavy atom. The molecule has 0 bridgehead atoms. The summed E-state index contributed by atoms with van der Waals surface area (Å²) in [6.07, 6.45) is -4.75. The van der Waals surface area contributed by atoms with Gasteiger partial charge in [0.25, 0.3) is 0 Å². The maximum Gasteiger partial charge on any atom is 0.421 e. The lowest BCUT2D eigenvalue weighted by Crippen LogP contribution is -2.39. The van der Waals surface area contributed by atoms with Gasteiger partial charge in [-0.15, -0.1) is 0 Å². The van der Waals surface area contributed by atoms with Gasteiger partial charge in [0, 0.05) is 5.56 Å². The van der Waals surface area contributed by atoms with E-state index in [0.717, 1.165) is 12.5 Å². The maximum absolute atomic E-state index is 12.8. The summed E-state index contributed by atoms with van der Waals surface area (Å²) in [5.74, 6) is 0.0374. The number of alkyl halides is 3. The molecule has 0 saturated heterocycles. The van der Waals surface area contributed by atoms with Crippen molar-refractivity contribution in [3.8, 4) is 5.75 Å². The molecule has 96 valence electrons. The van der Waals surface area contributed by atoms with Crippen LogP contribution in [0.1, 0.15) is 23.6 Å². The fourth-order valence-corrected chi connectivity index (χ4v) is 1.49. The van der Waals surface area contributed by atoms with Gasteiger partial charge in [-0.3, -0.25) is 0 Å². The molecule has 0 radical (unpaired) electrons. The van der Waals surface area contributed by atoms with E-state index in [1.54, 1.807) is 13.8 Å². The van der Waals surface area contributed by atoms with Gasteiger partial charge in [0.2, 0.25) is 0 Å². The summed E-state index contributed by atoms with van der Waals surface area (Å²) in [7, 11) is 1.28. The topological polar surface area (TPSA) is 29.5 Å². The van der Waals surface area contributed by atoms with Gasteiger partial charge in [-0.2, -0.15) is 13.2 Å². The van der Waals surface area contributed by atoms with Crippen LogP contribution in [0.4, 0.5) is 13.2 Å². The average Bonchev–Trinajstić information content (AvgIpc) is 2.19. The Morgan fingerprint density at radius 3 is 2.00 bits per heavy atom. The number of methoxy groups -OCH3 is 1. The Kier molecular flexibility index (Phi) is 3.43. The molecule has 2 nitrogen and oxygen atoms in total. The number of benzene rings is 1. The lowest BCUT2D eigenvalue weighted by Gasteiger charge is -2.28. The molecular weight excluding hydrogens is 233 g/mol. The lowest BCUT2D eigenvalue weighted by molar-refractivity contribution is -0.259. The van der Waals surface area contributed by atoms with Crippen molar-refractivity contribution in [1.29, 1.82) is 0 Å². The van der Waals surface area contributed by atoms with Gasteiger partial charge in [0.15, 0.2) is 5.60 Å². The summed E-state index contributed by atoms with van der Waals surface area (Å²) in [5, 5.41) is 9.64. The molecule has 17 heavy (non-hydrogen) atoms. The van der Waals surface area contributed by atoms with Crippen molar-refractivity contribution >= 4 is 0 Å². The third-order valence-corrected chi connectivity index (χ3v) is 2.89. The molecule has 1 aromatic carbocycles. The highest BCUT2D eigenvalue weighted by Gasteiger charge is 2.52. The molecule has 1 atom stereocenters. The molecular formula is C12H15F3O2. The highest BCUT2D eigenvalue weighted by Crippen LogP contribution is 2.43. The molecule has 0 aromatic heterocycles. The van der Waals surface area contributed by atoms with Crippen molar-refractivity contribution < 1.29 is 23.0 Å². The van der Waals surface area contributed by atoms with Crippen LogP contribution in [0.5, 0.6) is 5.75 Å². The van der Waals surface area contributed by atoms with Gasteiger partial charge < -0.3 is 9.84 Å².